The molecule has 0 heterocycles. The molecular formula is C31H44N2O4S. The summed E-state index contributed by atoms with van der Waals surface area (Å²) in [5.74, 6) is -0.0763. The molecule has 0 spiro atoms. The molecule has 3 rings (SSSR count). The van der Waals surface area contributed by atoms with Crippen molar-refractivity contribution in [2.75, 3.05) is 25.2 Å². The smallest absolute Gasteiger partial charge is 0.326 e. The normalized spacial score (nSPS) is 14.9. The Bertz CT molecular complexity index is 1040. The van der Waals surface area contributed by atoms with Gasteiger partial charge in [0.2, 0.25) is 0 Å². The molecule has 6 nitrogen and oxygen atoms in total. The van der Waals surface area contributed by atoms with Gasteiger partial charge in [-0.15, -0.1) is 0 Å². The second kappa shape index (κ2) is 15.9. The Kier molecular flexibility index (Phi) is 12.6. The molecule has 38 heavy (non-hydrogen) atoms. The number of aryl methyl sites for hydroxylation is 1. The Balaban J connectivity index is 1.85. The number of nitrogens with one attached hydrogen (secondary N) is 1. The molecule has 208 valence electrons. The van der Waals surface area contributed by atoms with Crippen LogP contribution in [0.25, 0.3) is 11.1 Å². The standard InChI is InChI=1S/C31H44N2O4S/c1-4-5-18-33(37-22-24-12-7-6-8-13-24)21-25-15-16-27(28(20-25)26-14-10-9-11-23(26)2)30(34)32-29(31(35)36)17-19-38-3/h9-11,14-16,20,24,29H,4-8,12-13,17-19,21-22H2,1-3H3,(H,32,34)(H,35,36). The number of hydrogen-bond acceptors (Lipinski definition) is 5. The molecule has 1 saturated carbocycles. The topological polar surface area (TPSA) is 78.9 Å². The van der Waals surface area contributed by atoms with Crippen LogP contribution in [0.2, 0.25) is 0 Å². The predicted molar refractivity (Wildman–Crippen MR) is 156 cm³/mol. The molecule has 0 aromatic heterocycles. The maximum atomic E-state index is 13.4. The molecule has 0 saturated heterocycles. The summed E-state index contributed by atoms with van der Waals surface area (Å²) in [6.45, 7) is 6.48. The molecule has 1 atom stereocenters. The lowest BCUT2D eigenvalue weighted by atomic mass is 9.90. The van der Waals surface area contributed by atoms with Crippen molar-refractivity contribution < 1.29 is 19.5 Å². The second-order valence-corrected chi connectivity index (χ2v) is 11.3. The van der Waals surface area contributed by atoms with E-state index in [2.05, 4.69) is 23.4 Å². The quantitative estimate of drug-likeness (QED) is 0.244. The first kappa shape index (κ1) is 30.2. The van der Waals surface area contributed by atoms with Gasteiger partial charge in [0.05, 0.1) is 6.61 Å². The van der Waals surface area contributed by atoms with Gasteiger partial charge in [-0.2, -0.15) is 16.8 Å². The third-order valence-electron chi connectivity index (χ3n) is 7.32. The summed E-state index contributed by atoms with van der Waals surface area (Å²) in [6.07, 6.45) is 10.9. The van der Waals surface area contributed by atoms with Gasteiger partial charge in [-0.05, 0) is 84.9 Å². The van der Waals surface area contributed by atoms with Gasteiger partial charge in [0.25, 0.3) is 5.91 Å². The summed E-state index contributed by atoms with van der Waals surface area (Å²) in [6, 6.07) is 12.9. The number of amides is 1. The summed E-state index contributed by atoms with van der Waals surface area (Å²) in [5, 5.41) is 14.5. The molecule has 7 heteroatoms. The van der Waals surface area contributed by atoms with Crippen LogP contribution in [0.3, 0.4) is 0 Å². The average molecular weight is 541 g/mol. The maximum absolute atomic E-state index is 13.4. The molecule has 1 aliphatic carbocycles. The van der Waals surface area contributed by atoms with Crippen LogP contribution >= 0.6 is 11.8 Å². The molecule has 0 radical (unpaired) electrons. The highest BCUT2D eigenvalue weighted by molar-refractivity contribution is 7.98. The van der Waals surface area contributed by atoms with Crippen molar-refractivity contribution >= 4 is 23.6 Å². The number of carboxylic acid groups (broad SMARTS) is 1. The first-order valence-electron chi connectivity index (χ1n) is 14.0. The van der Waals surface area contributed by atoms with Gasteiger partial charge in [-0.3, -0.25) is 9.63 Å². The van der Waals surface area contributed by atoms with Crippen molar-refractivity contribution in [3.8, 4) is 11.1 Å². The minimum absolute atomic E-state index is 0.361. The van der Waals surface area contributed by atoms with Crippen molar-refractivity contribution in [2.24, 2.45) is 5.92 Å². The number of hydrogen-bond donors (Lipinski definition) is 2. The third kappa shape index (κ3) is 9.14. The van der Waals surface area contributed by atoms with Crippen molar-refractivity contribution in [1.29, 1.82) is 0 Å². The van der Waals surface area contributed by atoms with Crippen LogP contribution in [0.1, 0.15) is 79.8 Å². The average Bonchev–Trinajstić information content (AvgIpc) is 2.93. The lowest BCUT2D eigenvalue weighted by Crippen LogP contribution is -2.41. The van der Waals surface area contributed by atoms with Crippen LogP contribution < -0.4 is 5.32 Å². The van der Waals surface area contributed by atoms with Crippen LogP contribution in [-0.2, 0) is 16.2 Å². The van der Waals surface area contributed by atoms with Crippen molar-refractivity contribution in [3.63, 3.8) is 0 Å². The van der Waals surface area contributed by atoms with Gasteiger partial charge < -0.3 is 10.4 Å². The fourth-order valence-electron chi connectivity index (χ4n) is 5.01. The van der Waals surface area contributed by atoms with Gasteiger partial charge in [-0.25, -0.2) is 4.79 Å². The molecule has 2 aromatic rings. The Morgan fingerprint density at radius 3 is 2.58 bits per heavy atom. The molecule has 1 amide bonds. The predicted octanol–water partition coefficient (Wildman–Crippen LogP) is 6.71. The number of hydroxylamine groups is 2. The number of thioether (sulfide) groups is 1. The molecule has 1 unspecified atom stereocenters. The lowest BCUT2D eigenvalue weighted by molar-refractivity contribution is -0.179. The molecular weight excluding hydrogens is 496 g/mol. The van der Waals surface area contributed by atoms with Crippen LogP contribution in [-0.4, -0.2) is 53.2 Å². The number of unbranched alkanes of at least 4 members (excludes halogenated alkanes) is 1. The second-order valence-electron chi connectivity index (χ2n) is 10.4. The van der Waals surface area contributed by atoms with Crippen LogP contribution in [0.4, 0.5) is 0 Å². The van der Waals surface area contributed by atoms with E-state index < -0.39 is 12.0 Å². The lowest BCUT2D eigenvalue weighted by Gasteiger charge is -2.27. The minimum Gasteiger partial charge on any atom is -0.480 e. The van der Waals surface area contributed by atoms with Gasteiger partial charge in [-0.1, -0.05) is 62.9 Å². The molecule has 2 N–H and O–H groups in total. The monoisotopic (exact) mass is 540 g/mol. The SMILES string of the molecule is CCCCN(Cc1ccc(C(=O)NC(CCSC)C(=O)O)c(-c2ccccc2C)c1)OCC1CCCCC1. The zero-order valence-electron chi connectivity index (χ0n) is 23.2. The number of benzene rings is 2. The van der Waals surface area contributed by atoms with E-state index >= 15 is 0 Å². The summed E-state index contributed by atoms with van der Waals surface area (Å²) < 4.78 is 0. The third-order valence-corrected chi connectivity index (χ3v) is 7.96. The number of aliphatic carboxylic acids is 1. The van der Waals surface area contributed by atoms with Crippen LogP contribution in [0.15, 0.2) is 42.5 Å². The summed E-state index contributed by atoms with van der Waals surface area (Å²) >= 11 is 1.57. The fourth-order valence-corrected chi connectivity index (χ4v) is 5.48. The van der Waals surface area contributed by atoms with E-state index in [1.165, 1.54) is 32.1 Å². The highest BCUT2D eigenvalue weighted by Crippen LogP contribution is 2.29. The molecule has 1 fully saturated rings. The molecule has 1 aliphatic rings. The van der Waals surface area contributed by atoms with Crippen molar-refractivity contribution in [2.45, 2.75) is 77.8 Å². The molecule has 0 aliphatic heterocycles. The zero-order valence-corrected chi connectivity index (χ0v) is 24.0. The summed E-state index contributed by atoms with van der Waals surface area (Å²) in [4.78, 5) is 31.5. The number of nitrogens with zero attached hydrogens (tertiary/aromatic N) is 1. The Morgan fingerprint density at radius 1 is 1.13 bits per heavy atom. The zero-order chi connectivity index (χ0) is 27.3. The van der Waals surface area contributed by atoms with Gasteiger partial charge >= 0.3 is 5.97 Å². The first-order chi connectivity index (χ1) is 18.4. The number of carbonyl (C=O) groups is 2. The van der Waals surface area contributed by atoms with Crippen LogP contribution in [0, 0.1) is 12.8 Å². The number of rotatable bonds is 15. The Hall–Kier alpha value is -2.35. The van der Waals surface area contributed by atoms with E-state index in [0.29, 0.717) is 30.2 Å². The minimum atomic E-state index is -1.01. The fraction of sp³-hybridized carbons (Fsp3) is 0.548. The van der Waals surface area contributed by atoms with E-state index in [4.69, 9.17) is 4.84 Å². The summed E-state index contributed by atoms with van der Waals surface area (Å²) in [7, 11) is 0. The van der Waals surface area contributed by atoms with Gasteiger partial charge in [0.1, 0.15) is 6.04 Å². The van der Waals surface area contributed by atoms with E-state index in [1.807, 2.05) is 49.6 Å². The van der Waals surface area contributed by atoms with Gasteiger partial charge in [0.15, 0.2) is 0 Å². The van der Waals surface area contributed by atoms with E-state index in [-0.39, 0.29) is 5.91 Å². The summed E-state index contributed by atoms with van der Waals surface area (Å²) in [5.41, 5.74) is 4.40. The van der Waals surface area contributed by atoms with E-state index in [1.54, 1.807) is 11.8 Å². The van der Waals surface area contributed by atoms with Crippen LogP contribution in [0.5, 0.6) is 0 Å². The molecule has 2 aromatic carbocycles. The van der Waals surface area contributed by atoms with E-state index in [0.717, 1.165) is 48.2 Å². The largest absolute Gasteiger partial charge is 0.480 e. The Labute approximate surface area is 232 Å². The number of carbonyl (C=O) groups excluding carboxylic acids is 1. The first-order valence-corrected chi connectivity index (χ1v) is 15.4. The molecule has 0 bridgehead atoms. The highest BCUT2D eigenvalue weighted by atomic mass is 32.2. The number of carboxylic acids is 1. The Morgan fingerprint density at radius 2 is 1.89 bits per heavy atom. The van der Waals surface area contributed by atoms with E-state index in [9.17, 15) is 14.7 Å². The van der Waals surface area contributed by atoms with Crippen molar-refractivity contribution in [1.82, 2.24) is 10.4 Å². The maximum Gasteiger partial charge on any atom is 0.326 e. The highest BCUT2D eigenvalue weighted by Gasteiger charge is 2.23. The van der Waals surface area contributed by atoms with Gasteiger partial charge in [0, 0.05) is 18.7 Å². The van der Waals surface area contributed by atoms with Crippen molar-refractivity contribution in [3.05, 3.63) is 59.2 Å².